The summed E-state index contributed by atoms with van der Waals surface area (Å²) in [6.07, 6.45) is 6.55. The fraction of sp³-hybridized carbons (Fsp3) is 0.538. The molecule has 0 bridgehead atoms. The van der Waals surface area contributed by atoms with Crippen LogP contribution in [0.1, 0.15) is 61.8 Å². The summed E-state index contributed by atoms with van der Waals surface area (Å²) in [4.78, 5) is 0. The summed E-state index contributed by atoms with van der Waals surface area (Å²) in [6, 6.07) is 12.7. The molecular weight excluding hydrogens is 402 g/mol. The van der Waals surface area contributed by atoms with Crippen LogP contribution in [0.4, 0.5) is 0 Å². The van der Waals surface area contributed by atoms with Crippen LogP contribution >= 0.6 is 6.83 Å². The van der Waals surface area contributed by atoms with Gasteiger partial charge in [0.1, 0.15) is 0 Å². The first kappa shape index (κ1) is 25.8. The first-order valence-corrected chi connectivity index (χ1v) is 15.6. The molecule has 172 valence electrons. The van der Waals surface area contributed by atoms with Crippen LogP contribution in [0.5, 0.6) is 11.5 Å². The van der Waals surface area contributed by atoms with Crippen LogP contribution in [0.15, 0.2) is 36.4 Å². The summed E-state index contributed by atoms with van der Waals surface area (Å²) in [6.45, 7) is 15.0. The molecule has 0 fully saturated rings. The predicted molar refractivity (Wildman–Crippen MR) is 138 cm³/mol. The fourth-order valence-corrected chi connectivity index (χ4v) is 4.16. The van der Waals surface area contributed by atoms with Gasteiger partial charge < -0.3 is 0 Å². The maximum atomic E-state index is 6.50. The van der Waals surface area contributed by atoms with E-state index >= 15 is 0 Å². The molecule has 2 aromatic carbocycles. The quantitative estimate of drug-likeness (QED) is 0.252. The van der Waals surface area contributed by atoms with E-state index in [1.165, 1.54) is 22.3 Å². The van der Waals surface area contributed by atoms with Gasteiger partial charge in [0.05, 0.1) is 0 Å². The summed E-state index contributed by atoms with van der Waals surface area (Å²) in [5.41, 5.74) is 4.92. The van der Waals surface area contributed by atoms with E-state index in [1.54, 1.807) is 0 Å². The molecule has 0 radical (unpaired) electrons. The van der Waals surface area contributed by atoms with E-state index in [0.717, 1.165) is 50.0 Å². The van der Waals surface area contributed by atoms with Gasteiger partial charge >= 0.3 is 191 Å². The van der Waals surface area contributed by atoms with Gasteiger partial charge in [0.15, 0.2) is 0 Å². The van der Waals surface area contributed by atoms with Crippen molar-refractivity contribution < 1.29 is 13.7 Å². The second-order valence-electron chi connectivity index (χ2n) is 10.5. The molecule has 0 heterocycles. The first-order valence-electron chi connectivity index (χ1n) is 11.7. The Labute approximate surface area is 191 Å². The van der Waals surface area contributed by atoms with E-state index in [1.807, 2.05) is 0 Å². The predicted octanol–water partition coefficient (Wildman–Crippen LogP) is 7.44. The van der Waals surface area contributed by atoms with Crippen molar-refractivity contribution in [2.75, 3.05) is 26.7 Å². The molecule has 0 saturated heterocycles. The second kappa shape index (κ2) is 10.9. The maximum absolute atomic E-state index is 6.50. The third-order valence-corrected chi connectivity index (χ3v) is 6.00. The monoisotopic (exact) mass is 444 g/mol. The molecule has 2 rings (SSSR count). The molecule has 5 heteroatoms. The number of hydrogen-bond donors (Lipinski definition) is 0. The SMILES string of the molecule is CCCCc1cc(C)ccc1OB(Oc1ccc(C)cc1CCCC)OP(C)(C)(C)C. The second-order valence-corrected chi connectivity index (χ2v) is 17.5. The molecule has 0 aliphatic rings. The van der Waals surface area contributed by atoms with Crippen molar-refractivity contribution in [1.29, 1.82) is 0 Å². The molecule has 3 nitrogen and oxygen atoms in total. The minimum absolute atomic E-state index is 0.783. The summed E-state index contributed by atoms with van der Waals surface area (Å²) in [7, 11) is -0.783. The summed E-state index contributed by atoms with van der Waals surface area (Å²) in [5, 5.41) is 0. The van der Waals surface area contributed by atoms with Crippen LogP contribution in [-0.2, 0) is 17.3 Å². The fourth-order valence-electron chi connectivity index (χ4n) is 3.39. The van der Waals surface area contributed by atoms with Gasteiger partial charge in [0.25, 0.3) is 0 Å². The zero-order valence-corrected chi connectivity index (χ0v) is 21.9. The molecule has 0 atom stereocenters. The van der Waals surface area contributed by atoms with Crippen molar-refractivity contribution in [2.45, 2.75) is 66.2 Å². The van der Waals surface area contributed by atoms with E-state index in [4.69, 9.17) is 13.7 Å². The van der Waals surface area contributed by atoms with Crippen LogP contribution in [0.25, 0.3) is 0 Å². The molecule has 2 aromatic rings. The molecule has 0 saturated carbocycles. The summed E-state index contributed by atoms with van der Waals surface area (Å²) in [5.74, 6) is 1.71. The number of hydrogen-bond acceptors (Lipinski definition) is 3. The van der Waals surface area contributed by atoms with Gasteiger partial charge in [-0.3, -0.25) is 0 Å². The third-order valence-electron chi connectivity index (χ3n) is 4.99. The van der Waals surface area contributed by atoms with E-state index in [2.05, 4.69) is 90.8 Å². The third kappa shape index (κ3) is 9.25. The van der Waals surface area contributed by atoms with Gasteiger partial charge in [-0.15, -0.1) is 0 Å². The number of rotatable bonds is 12. The molecule has 0 aliphatic heterocycles. The molecule has 0 spiro atoms. The zero-order valence-electron chi connectivity index (χ0n) is 21.0. The van der Waals surface area contributed by atoms with Crippen molar-refractivity contribution in [3.63, 3.8) is 0 Å². The Kier molecular flexibility index (Phi) is 9.04. The van der Waals surface area contributed by atoms with Crippen molar-refractivity contribution in [2.24, 2.45) is 0 Å². The number of unbranched alkanes of at least 4 members (excludes halogenated alkanes) is 2. The average Bonchev–Trinajstić information content (AvgIpc) is 2.66. The van der Waals surface area contributed by atoms with Crippen molar-refractivity contribution in [1.82, 2.24) is 0 Å². The van der Waals surface area contributed by atoms with Crippen molar-refractivity contribution in [3.8, 4) is 11.5 Å². The van der Waals surface area contributed by atoms with Crippen LogP contribution in [0.3, 0.4) is 0 Å². The minimum atomic E-state index is -2.36. The standard InChI is InChI=1S/C26H42BO3P/c1-9-11-13-23-19-21(3)15-17-25(23)28-27(30-31(5,6,7)8)29-26-18-16-22(4)20-24(26)14-12-10-2/h15-20H,9-14H2,1-8H3. The van der Waals surface area contributed by atoms with Crippen LogP contribution in [0.2, 0.25) is 0 Å². The molecule has 0 aliphatic carbocycles. The van der Waals surface area contributed by atoms with Gasteiger partial charge in [-0.05, 0) is 0 Å². The van der Waals surface area contributed by atoms with E-state index in [9.17, 15) is 0 Å². The normalized spacial score (nSPS) is 12.8. The Balaban J connectivity index is 2.35. The van der Waals surface area contributed by atoms with Crippen LogP contribution in [-0.4, -0.2) is 34.0 Å². The molecule has 31 heavy (non-hydrogen) atoms. The van der Waals surface area contributed by atoms with Gasteiger partial charge in [-0.25, -0.2) is 0 Å². The van der Waals surface area contributed by atoms with E-state index in [-0.39, 0.29) is 0 Å². The molecule has 0 aromatic heterocycles. The average molecular weight is 444 g/mol. The Bertz CT molecular complexity index is 789. The molecule has 0 amide bonds. The van der Waals surface area contributed by atoms with E-state index < -0.39 is 14.2 Å². The van der Waals surface area contributed by atoms with Crippen LogP contribution in [0, 0.1) is 13.8 Å². The molecule has 0 N–H and O–H groups in total. The Morgan fingerprint density at radius 1 is 0.710 bits per heavy atom. The Hall–Kier alpha value is -1.51. The summed E-state index contributed by atoms with van der Waals surface area (Å²) < 4.78 is 19.3. The van der Waals surface area contributed by atoms with Crippen molar-refractivity contribution >= 4 is 14.2 Å². The number of aryl methyl sites for hydroxylation is 4. The van der Waals surface area contributed by atoms with Crippen molar-refractivity contribution in [3.05, 3.63) is 58.7 Å². The molecule has 0 unspecified atom stereocenters. The topological polar surface area (TPSA) is 27.7 Å². The zero-order chi connectivity index (χ0) is 23.1. The van der Waals surface area contributed by atoms with Gasteiger partial charge in [0, 0.05) is 0 Å². The molecular formula is C26H42BO3P. The van der Waals surface area contributed by atoms with Crippen LogP contribution < -0.4 is 9.31 Å². The van der Waals surface area contributed by atoms with Gasteiger partial charge in [-0.1, -0.05) is 0 Å². The Morgan fingerprint density at radius 2 is 1.13 bits per heavy atom. The Morgan fingerprint density at radius 3 is 1.48 bits per heavy atom. The van der Waals surface area contributed by atoms with Gasteiger partial charge in [-0.2, -0.15) is 0 Å². The van der Waals surface area contributed by atoms with Gasteiger partial charge in [0.2, 0.25) is 0 Å². The number of benzene rings is 2. The summed E-state index contributed by atoms with van der Waals surface area (Å²) >= 11 is 0. The first-order chi connectivity index (χ1) is 14.5. The van der Waals surface area contributed by atoms with E-state index in [0.29, 0.717) is 0 Å².